The molecule has 8 heteroatoms. The van der Waals surface area contributed by atoms with Gasteiger partial charge in [-0.2, -0.15) is 0 Å². The third-order valence-corrected chi connectivity index (χ3v) is 5.53. The molecule has 0 atom stereocenters. The third-order valence-electron chi connectivity index (χ3n) is 3.85. The van der Waals surface area contributed by atoms with Crippen LogP contribution in [0.2, 0.25) is 5.02 Å². The van der Waals surface area contributed by atoms with E-state index < -0.39 is 15.9 Å². The number of aryl methyl sites for hydroxylation is 1. The summed E-state index contributed by atoms with van der Waals surface area (Å²) in [6.45, 7) is 1.90. The molecule has 3 aromatic rings. The van der Waals surface area contributed by atoms with Gasteiger partial charge >= 0.3 is 0 Å². The van der Waals surface area contributed by atoms with Crippen LogP contribution in [0.4, 0.5) is 5.69 Å². The van der Waals surface area contributed by atoms with Gasteiger partial charge in [-0.05, 0) is 36.2 Å². The number of rotatable bonds is 5. The monoisotopic (exact) mass is 377 g/mol. The maximum Gasteiger partial charge on any atom is 0.261 e. The molecule has 1 heterocycles. The molecule has 0 aliphatic rings. The molecule has 0 saturated carbocycles. The smallest absolute Gasteiger partial charge is 0.261 e. The highest BCUT2D eigenvalue weighted by atomic mass is 35.5. The summed E-state index contributed by atoms with van der Waals surface area (Å²) in [6, 6.07) is 9.49. The summed E-state index contributed by atoms with van der Waals surface area (Å²) in [4.78, 5) is 14.0. The summed E-state index contributed by atoms with van der Waals surface area (Å²) < 4.78 is 27.8. The minimum absolute atomic E-state index is 0.0628. The van der Waals surface area contributed by atoms with E-state index in [9.17, 15) is 13.2 Å². The lowest BCUT2D eigenvalue weighted by Crippen LogP contribution is -2.15. The number of halogens is 1. The molecule has 1 aromatic heterocycles. The first-order chi connectivity index (χ1) is 11.8. The first-order valence-corrected chi connectivity index (χ1v) is 9.30. The van der Waals surface area contributed by atoms with Crippen molar-refractivity contribution in [3.63, 3.8) is 0 Å². The number of hydrogen-bond acceptors (Lipinski definition) is 3. The number of carbonyl (C=O) groups is 1. The Bertz CT molecular complexity index is 1060. The van der Waals surface area contributed by atoms with Crippen molar-refractivity contribution in [2.75, 3.05) is 4.72 Å². The third kappa shape index (κ3) is 3.47. The Labute approximate surface area is 150 Å². The zero-order valence-corrected chi connectivity index (χ0v) is 14.9. The van der Waals surface area contributed by atoms with E-state index >= 15 is 0 Å². The number of aromatic nitrogens is 1. The van der Waals surface area contributed by atoms with Crippen LogP contribution in [-0.2, 0) is 21.2 Å². The number of benzene rings is 2. The van der Waals surface area contributed by atoms with Crippen LogP contribution in [0.5, 0.6) is 0 Å². The van der Waals surface area contributed by atoms with E-state index in [0.29, 0.717) is 21.8 Å². The van der Waals surface area contributed by atoms with Crippen LogP contribution in [0.25, 0.3) is 10.9 Å². The van der Waals surface area contributed by atoms with E-state index in [1.54, 1.807) is 30.5 Å². The largest absolute Gasteiger partial charge is 0.369 e. The number of carbonyl (C=O) groups excluding carboxylic acids is 1. The van der Waals surface area contributed by atoms with Crippen molar-refractivity contribution >= 4 is 44.1 Å². The highest BCUT2D eigenvalue weighted by molar-refractivity contribution is 7.92. The number of nitrogens with one attached hydrogen (secondary N) is 2. The van der Waals surface area contributed by atoms with E-state index in [1.807, 2.05) is 6.92 Å². The van der Waals surface area contributed by atoms with Crippen molar-refractivity contribution < 1.29 is 13.2 Å². The van der Waals surface area contributed by atoms with E-state index in [1.165, 1.54) is 12.1 Å². The molecule has 25 heavy (non-hydrogen) atoms. The summed E-state index contributed by atoms with van der Waals surface area (Å²) in [7, 11) is -3.78. The quantitative estimate of drug-likeness (QED) is 0.636. The van der Waals surface area contributed by atoms with Crippen LogP contribution in [0.15, 0.2) is 47.5 Å². The average Bonchev–Trinajstić information content (AvgIpc) is 2.93. The Balaban J connectivity index is 1.94. The molecule has 0 aliphatic heterocycles. The SMILES string of the molecule is Cc1ccc(NS(=O)(=O)c2ccc(CC(N)=O)cc2)c2[nH]cc(Cl)c12. The van der Waals surface area contributed by atoms with Gasteiger partial charge in [0.25, 0.3) is 10.0 Å². The molecule has 2 aromatic carbocycles. The topological polar surface area (TPSA) is 105 Å². The van der Waals surface area contributed by atoms with Gasteiger partial charge in [0.05, 0.1) is 27.5 Å². The molecule has 0 aliphatic carbocycles. The second-order valence-corrected chi connectivity index (χ2v) is 7.80. The van der Waals surface area contributed by atoms with Gasteiger partial charge in [0.2, 0.25) is 5.91 Å². The number of hydrogen-bond donors (Lipinski definition) is 3. The molecule has 0 spiro atoms. The first kappa shape index (κ1) is 17.3. The number of aromatic amines is 1. The van der Waals surface area contributed by atoms with Crippen LogP contribution in [-0.4, -0.2) is 19.3 Å². The minimum Gasteiger partial charge on any atom is -0.369 e. The number of primary amides is 1. The van der Waals surface area contributed by atoms with Crippen LogP contribution in [0.1, 0.15) is 11.1 Å². The zero-order valence-electron chi connectivity index (χ0n) is 13.3. The molecule has 0 fully saturated rings. The van der Waals surface area contributed by atoms with E-state index in [0.717, 1.165) is 10.9 Å². The summed E-state index contributed by atoms with van der Waals surface area (Å²) >= 11 is 6.15. The van der Waals surface area contributed by atoms with Crippen molar-refractivity contribution in [2.24, 2.45) is 5.73 Å². The van der Waals surface area contributed by atoms with E-state index in [4.69, 9.17) is 17.3 Å². The minimum atomic E-state index is -3.78. The predicted octanol–water partition coefficient (Wildman–Crippen LogP) is 2.96. The lowest BCUT2D eigenvalue weighted by molar-refractivity contribution is -0.117. The van der Waals surface area contributed by atoms with Gasteiger partial charge in [0.15, 0.2) is 0 Å². The van der Waals surface area contributed by atoms with Crippen LogP contribution in [0, 0.1) is 6.92 Å². The Morgan fingerprint density at radius 3 is 2.52 bits per heavy atom. The molecule has 0 unspecified atom stereocenters. The Morgan fingerprint density at radius 1 is 1.20 bits per heavy atom. The standard InChI is InChI=1S/C17H16ClN3O3S/c1-10-2-7-14(17-16(10)13(18)9-20-17)21-25(23,24)12-5-3-11(4-6-12)8-15(19)22/h2-7,9,20-21H,8H2,1H3,(H2,19,22). The summed E-state index contributed by atoms with van der Waals surface area (Å²) in [5, 5.41) is 1.31. The second kappa shape index (κ2) is 6.42. The van der Waals surface area contributed by atoms with Crippen molar-refractivity contribution in [1.29, 1.82) is 0 Å². The predicted molar refractivity (Wildman–Crippen MR) is 98.2 cm³/mol. The van der Waals surface area contributed by atoms with Gasteiger partial charge in [-0.25, -0.2) is 8.42 Å². The molecule has 4 N–H and O–H groups in total. The number of amides is 1. The molecule has 0 radical (unpaired) electrons. The van der Waals surface area contributed by atoms with Gasteiger partial charge in [0, 0.05) is 11.6 Å². The maximum absolute atomic E-state index is 12.6. The molecule has 3 rings (SSSR count). The number of anilines is 1. The first-order valence-electron chi connectivity index (χ1n) is 7.44. The molecule has 0 saturated heterocycles. The van der Waals surface area contributed by atoms with Gasteiger partial charge in [0.1, 0.15) is 0 Å². The lowest BCUT2D eigenvalue weighted by atomic mass is 10.1. The van der Waals surface area contributed by atoms with Gasteiger partial charge in [-0.3, -0.25) is 9.52 Å². The number of fused-ring (bicyclic) bond motifs is 1. The number of nitrogens with two attached hydrogens (primary N) is 1. The van der Waals surface area contributed by atoms with Crippen molar-refractivity contribution in [3.05, 3.63) is 58.7 Å². The normalized spacial score (nSPS) is 11.6. The van der Waals surface area contributed by atoms with E-state index in [-0.39, 0.29) is 11.3 Å². The van der Waals surface area contributed by atoms with Gasteiger partial charge in [-0.15, -0.1) is 0 Å². The maximum atomic E-state index is 12.6. The fraction of sp³-hybridized carbons (Fsp3) is 0.118. The fourth-order valence-electron chi connectivity index (χ4n) is 2.65. The molecular formula is C17H16ClN3O3S. The summed E-state index contributed by atoms with van der Waals surface area (Å²) in [6.07, 6.45) is 1.68. The second-order valence-electron chi connectivity index (χ2n) is 5.71. The highest BCUT2D eigenvalue weighted by Crippen LogP contribution is 2.32. The molecule has 6 nitrogen and oxygen atoms in total. The van der Waals surface area contributed by atoms with Crippen LogP contribution < -0.4 is 10.5 Å². The Morgan fingerprint density at radius 2 is 1.88 bits per heavy atom. The summed E-state index contributed by atoms with van der Waals surface area (Å²) in [5.41, 5.74) is 7.77. The van der Waals surface area contributed by atoms with Crippen molar-refractivity contribution in [3.8, 4) is 0 Å². The molecule has 1 amide bonds. The van der Waals surface area contributed by atoms with Crippen LogP contribution in [0.3, 0.4) is 0 Å². The van der Waals surface area contributed by atoms with Gasteiger partial charge < -0.3 is 10.7 Å². The van der Waals surface area contributed by atoms with Crippen LogP contribution >= 0.6 is 11.6 Å². The fourth-order valence-corrected chi connectivity index (χ4v) is 4.02. The molecule has 130 valence electrons. The number of sulfonamides is 1. The Kier molecular flexibility index (Phi) is 4.45. The van der Waals surface area contributed by atoms with Crippen molar-refractivity contribution in [1.82, 2.24) is 4.98 Å². The highest BCUT2D eigenvalue weighted by Gasteiger charge is 2.17. The van der Waals surface area contributed by atoms with Crippen molar-refractivity contribution in [2.45, 2.75) is 18.2 Å². The Hall–Kier alpha value is -2.51. The molecular weight excluding hydrogens is 362 g/mol. The number of H-pyrrole nitrogens is 1. The average molecular weight is 378 g/mol. The molecule has 0 bridgehead atoms. The van der Waals surface area contributed by atoms with E-state index in [2.05, 4.69) is 9.71 Å². The zero-order chi connectivity index (χ0) is 18.2. The van der Waals surface area contributed by atoms with Gasteiger partial charge in [-0.1, -0.05) is 29.8 Å². The summed E-state index contributed by atoms with van der Waals surface area (Å²) in [5.74, 6) is -0.473. The lowest BCUT2D eigenvalue weighted by Gasteiger charge is -2.11.